The number of rotatable bonds is 4. The Morgan fingerprint density at radius 3 is 3.06 bits per heavy atom. The molecule has 1 saturated carbocycles. The number of hydrogen-bond acceptors (Lipinski definition) is 4. The zero-order valence-corrected chi connectivity index (χ0v) is 10.6. The van der Waals surface area contributed by atoms with Crippen LogP contribution in [0.3, 0.4) is 0 Å². The highest BCUT2D eigenvalue weighted by Gasteiger charge is 2.29. The van der Waals surface area contributed by atoms with Crippen molar-refractivity contribution in [2.24, 2.45) is 0 Å². The predicted molar refractivity (Wildman–Crippen MR) is 66.8 cm³/mol. The van der Waals surface area contributed by atoms with Crippen molar-refractivity contribution in [3.05, 3.63) is 16.1 Å². The minimum Gasteiger partial charge on any atom is -0.315 e. The number of likely N-dealkylation sites (N-methyl/N-ethyl adjacent to an activating group) is 1. The summed E-state index contributed by atoms with van der Waals surface area (Å²) in [4.78, 5) is 8.52. The lowest BCUT2D eigenvalue weighted by molar-refractivity contribution is 0.250. The Morgan fingerprint density at radius 1 is 1.50 bits per heavy atom. The van der Waals surface area contributed by atoms with Gasteiger partial charge in [0.2, 0.25) is 0 Å². The molecule has 0 radical (unpaired) electrons. The van der Waals surface area contributed by atoms with E-state index < -0.39 is 0 Å². The van der Waals surface area contributed by atoms with E-state index in [4.69, 9.17) is 0 Å². The lowest BCUT2D eigenvalue weighted by Gasteiger charge is -2.23. The summed E-state index contributed by atoms with van der Waals surface area (Å²) in [7, 11) is 2.24. The third-order valence-corrected chi connectivity index (χ3v) is 4.52. The smallest absolute Gasteiger partial charge is 0.0798 e. The number of nitrogens with one attached hydrogen (secondary N) is 1. The molecule has 2 fully saturated rings. The van der Waals surface area contributed by atoms with E-state index in [1.807, 2.05) is 16.8 Å². The Labute approximate surface area is 101 Å². The largest absolute Gasteiger partial charge is 0.315 e. The molecule has 1 saturated heterocycles. The van der Waals surface area contributed by atoms with Crippen LogP contribution < -0.4 is 5.32 Å². The Hall–Kier alpha value is -0.450. The highest BCUT2D eigenvalue weighted by atomic mass is 32.1. The molecule has 16 heavy (non-hydrogen) atoms. The summed E-state index contributed by atoms with van der Waals surface area (Å²) in [6.07, 6.45) is 3.99. The second kappa shape index (κ2) is 4.43. The van der Waals surface area contributed by atoms with Crippen LogP contribution in [0, 0.1) is 0 Å². The molecular formula is C12H19N3S. The summed E-state index contributed by atoms with van der Waals surface area (Å²) in [5.74, 6) is 0.788. The van der Waals surface area contributed by atoms with Crippen LogP contribution in [-0.4, -0.2) is 36.1 Å². The van der Waals surface area contributed by atoms with Gasteiger partial charge in [-0.3, -0.25) is 4.90 Å². The molecule has 1 unspecified atom stereocenters. The third kappa shape index (κ3) is 2.14. The molecular weight excluding hydrogens is 218 g/mol. The van der Waals surface area contributed by atoms with Gasteiger partial charge in [0, 0.05) is 29.9 Å². The normalized spacial score (nSPS) is 25.5. The number of hydrogen-bond donors (Lipinski definition) is 1. The lowest BCUT2D eigenvalue weighted by Crippen LogP contribution is -2.32. The summed E-state index contributed by atoms with van der Waals surface area (Å²) in [5.41, 5.74) is 3.41. The molecule has 0 amide bonds. The summed E-state index contributed by atoms with van der Waals surface area (Å²) in [5, 5.41) is 3.43. The van der Waals surface area contributed by atoms with E-state index in [9.17, 15) is 0 Å². The predicted octanol–water partition coefficient (Wildman–Crippen LogP) is 1.81. The molecule has 3 rings (SSSR count). The number of thiazole rings is 1. The molecule has 0 spiro atoms. The summed E-state index contributed by atoms with van der Waals surface area (Å²) >= 11 is 1.83. The molecule has 1 atom stereocenters. The first-order valence-corrected chi connectivity index (χ1v) is 7.06. The van der Waals surface area contributed by atoms with Crippen molar-refractivity contribution in [3.8, 4) is 0 Å². The zero-order valence-electron chi connectivity index (χ0n) is 9.78. The topological polar surface area (TPSA) is 28.2 Å². The summed E-state index contributed by atoms with van der Waals surface area (Å²) in [6, 6.07) is 0.717. The van der Waals surface area contributed by atoms with E-state index in [1.165, 1.54) is 36.4 Å². The maximum absolute atomic E-state index is 4.53. The van der Waals surface area contributed by atoms with Crippen molar-refractivity contribution >= 4 is 11.3 Å². The van der Waals surface area contributed by atoms with Crippen molar-refractivity contribution < 1.29 is 0 Å². The molecule has 1 aliphatic heterocycles. The highest BCUT2D eigenvalue weighted by molar-refractivity contribution is 7.09. The SMILES string of the molecule is CN(Cc1scnc1C1CC1)C1CCNC1. The second-order valence-electron chi connectivity index (χ2n) is 5.00. The molecule has 4 heteroatoms. The Balaban J connectivity index is 1.65. The molecule has 2 heterocycles. The van der Waals surface area contributed by atoms with Crippen molar-refractivity contribution in [1.82, 2.24) is 15.2 Å². The van der Waals surface area contributed by atoms with Gasteiger partial charge in [-0.05, 0) is 32.9 Å². The Bertz CT molecular complexity index is 353. The summed E-state index contributed by atoms with van der Waals surface area (Å²) < 4.78 is 0. The van der Waals surface area contributed by atoms with Crippen LogP contribution in [0.2, 0.25) is 0 Å². The average Bonchev–Trinajstić information content (AvgIpc) is 2.83. The Morgan fingerprint density at radius 2 is 2.38 bits per heavy atom. The fourth-order valence-electron chi connectivity index (χ4n) is 2.46. The van der Waals surface area contributed by atoms with Gasteiger partial charge in [0.1, 0.15) is 0 Å². The molecule has 1 aromatic rings. The summed E-state index contributed by atoms with van der Waals surface area (Å²) in [6.45, 7) is 3.41. The molecule has 2 aliphatic rings. The first-order chi connectivity index (χ1) is 7.84. The van der Waals surface area contributed by atoms with Crippen molar-refractivity contribution in [1.29, 1.82) is 0 Å². The van der Waals surface area contributed by atoms with Crippen LogP contribution >= 0.6 is 11.3 Å². The van der Waals surface area contributed by atoms with E-state index in [0.717, 1.165) is 19.0 Å². The van der Waals surface area contributed by atoms with Gasteiger partial charge in [0.15, 0.2) is 0 Å². The average molecular weight is 237 g/mol. The van der Waals surface area contributed by atoms with E-state index >= 15 is 0 Å². The van der Waals surface area contributed by atoms with Crippen LogP contribution in [-0.2, 0) is 6.54 Å². The van der Waals surface area contributed by atoms with Crippen LogP contribution in [0.4, 0.5) is 0 Å². The highest BCUT2D eigenvalue weighted by Crippen LogP contribution is 2.42. The molecule has 1 aliphatic carbocycles. The zero-order chi connectivity index (χ0) is 11.0. The molecule has 0 aromatic carbocycles. The quantitative estimate of drug-likeness (QED) is 0.865. The maximum atomic E-state index is 4.53. The fourth-order valence-corrected chi connectivity index (χ4v) is 3.37. The van der Waals surface area contributed by atoms with Crippen molar-refractivity contribution in [3.63, 3.8) is 0 Å². The Kier molecular flexibility index (Phi) is 2.96. The fraction of sp³-hybridized carbons (Fsp3) is 0.750. The maximum Gasteiger partial charge on any atom is 0.0798 e. The monoisotopic (exact) mass is 237 g/mol. The first-order valence-electron chi connectivity index (χ1n) is 6.18. The first kappa shape index (κ1) is 10.7. The van der Waals surface area contributed by atoms with Crippen LogP contribution in [0.5, 0.6) is 0 Å². The van der Waals surface area contributed by atoms with E-state index in [2.05, 4.69) is 22.2 Å². The van der Waals surface area contributed by atoms with E-state index in [0.29, 0.717) is 6.04 Å². The molecule has 3 nitrogen and oxygen atoms in total. The van der Waals surface area contributed by atoms with Gasteiger partial charge in [0.25, 0.3) is 0 Å². The van der Waals surface area contributed by atoms with Crippen molar-refractivity contribution in [2.45, 2.75) is 37.8 Å². The lowest BCUT2D eigenvalue weighted by atomic mass is 10.2. The van der Waals surface area contributed by atoms with Gasteiger partial charge in [-0.15, -0.1) is 11.3 Å². The molecule has 0 bridgehead atoms. The van der Waals surface area contributed by atoms with E-state index in [-0.39, 0.29) is 0 Å². The minimum absolute atomic E-state index is 0.717. The van der Waals surface area contributed by atoms with Gasteiger partial charge >= 0.3 is 0 Å². The van der Waals surface area contributed by atoms with E-state index in [1.54, 1.807) is 0 Å². The van der Waals surface area contributed by atoms with Gasteiger partial charge in [-0.1, -0.05) is 0 Å². The van der Waals surface area contributed by atoms with Crippen LogP contribution in [0.1, 0.15) is 35.8 Å². The van der Waals surface area contributed by atoms with Gasteiger partial charge < -0.3 is 5.32 Å². The minimum atomic E-state index is 0.717. The molecule has 1 aromatic heterocycles. The van der Waals surface area contributed by atoms with Crippen LogP contribution in [0.15, 0.2) is 5.51 Å². The molecule has 1 N–H and O–H groups in total. The second-order valence-corrected chi connectivity index (χ2v) is 5.94. The standard InChI is InChI=1S/C12H19N3S/c1-15(10-4-5-13-6-10)7-11-12(9-2-3-9)14-8-16-11/h8-10,13H,2-7H2,1H3. The molecule has 88 valence electrons. The number of nitrogens with zero attached hydrogens (tertiary/aromatic N) is 2. The van der Waals surface area contributed by atoms with Gasteiger partial charge in [-0.2, -0.15) is 0 Å². The van der Waals surface area contributed by atoms with Gasteiger partial charge in [-0.25, -0.2) is 4.98 Å². The van der Waals surface area contributed by atoms with Crippen molar-refractivity contribution in [2.75, 3.05) is 20.1 Å². The number of aromatic nitrogens is 1. The van der Waals surface area contributed by atoms with Gasteiger partial charge in [0.05, 0.1) is 11.2 Å². The third-order valence-electron chi connectivity index (χ3n) is 3.69. The van der Waals surface area contributed by atoms with Crippen LogP contribution in [0.25, 0.3) is 0 Å².